The summed E-state index contributed by atoms with van der Waals surface area (Å²) < 4.78 is 41.8. The van der Waals surface area contributed by atoms with E-state index in [0.717, 1.165) is 11.7 Å². The van der Waals surface area contributed by atoms with E-state index in [2.05, 4.69) is 17.2 Å². The minimum atomic E-state index is -2.50. The predicted molar refractivity (Wildman–Crippen MR) is 76.2 cm³/mol. The summed E-state index contributed by atoms with van der Waals surface area (Å²) in [6.07, 6.45) is -3.84. The molecule has 0 aliphatic carbocycles. The zero-order valence-corrected chi connectivity index (χ0v) is 13.1. The van der Waals surface area contributed by atoms with Gasteiger partial charge in [0.25, 0.3) is 0 Å². The first kappa shape index (κ1) is 17.3. The van der Waals surface area contributed by atoms with Crippen LogP contribution in [0.5, 0.6) is 0 Å². The number of nitrogens with two attached hydrogens (primary N) is 1. The van der Waals surface area contributed by atoms with Crippen LogP contribution in [0.4, 0.5) is 10.2 Å². The highest BCUT2D eigenvalue weighted by Gasteiger charge is 2.61. The third kappa shape index (κ3) is 3.00. The minimum Gasteiger partial charge on any atom is -0.391 e. The Bertz CT molecular complexity index is 627. The van der Waals surface area contributed by atoms with E-state index in [4.69, 9.17) is 19.7 Å². The monoisotopic (exact) mass is 354 g/mol. The predicted octanol–water partition coefficient (Wildman–Crippen LogP) is -0.000200. The lowest BCUT2D eigenvalue weighted by Crippen LogP contribution is -2.47. The molecule has 1 saturated heterocycles. The van der Waals surface area contributed by atoms with E-state index >= 15 is 0 Å². The lowest BCUT2D eigenvalue weighted by molar-refractivity contribution is -0.265. The number of anilines is 1. The number of thiol groups is 1. The lowest BCUT2D eigenvalue weighted by Gasteiger charge is -2.27. The van der Waals surface area contributed by atoms with Crippen LogP contribution in [-0.2, 0) is 18.6 Å². The fourth-order valence-corrected chi connectivity index (χ4v) is 2.93. The number of nitrogens with zero attached hydrogens (tertiary/aromatic N) is 2. The molecule has 0 saturated carbocycles. The quantitative estimate of drug-likeness (QED) is 0.498. The van der Waals surface area contributed by atoms with Gasteiger partial charge in [-0.3, -0.25) is 4.57 Å². The number of ether oxygens (including phenoxy) is 2. The summed E-state index contributed by atoms with van der Waals surface area (Å²) in [5.74, 6) is -1.97. The van der Waals surface area contributed by atoms with Gasteiger partial charge in [0.1, 0.15) is 24.7 Å². The first-order valence-corrected chi connectivity index (χ1v) is 8.33. The molecule has 12 heteroatoms. The number of aromatic nitrogens is 2. The molecule has 0 aromatic carbocycles. The van der Waals surface area contributed by atoms with Gasteiger partial charge < -0.3 is 20.3 Å². The van der Waals surface area contributed by atoms with E-state index in [-0.39, 0.29) is 5.82 Å². The number of aliphatic hydroxyl groups excluding tert-OH is 1. The summed E-state index contributed by atoms with van der Waals surface area (Å²) in [5, 5.41) is 9.46. The Morgan fingerprint density at radius 3 is 2.91 bits per heavy atom. The highest BCUT2D eigenvalue weighted by Crippen LogP contribution is 2.45. The van der Waals surface area contributed by atoms with Crippen LogP contribution in [0.15, 0.2) is 17.1 Å². The van der Waals surface area contributed by atoms with Gasteiger partial charge >= 0.3 is 12.9 Å². The second-order valence-electron chi connectivity index (χ2n) is 4.43. The minimum absolute atomic E-state index is 0.0407. The summed E-state index contributed by atoms with van der Waals surface area (Å²) >= 11 is 3.55. The third-order valence-corrected chi connectivity index (χ3v) is 3.90. The topological polar surface area (TPSA) is 126 Å². The number of methoxy groups -OCH3 is 1. The Morgan fingerprint density at radius 1 is 1.73 bits per heavy atom. The summed E-state index contributed by atoms with van der Waals surface area (Å²) in [5.41, 5.74) is 4.51. The standard InChI is InChI=1S/C10H13FN3O6PS/c1-18-10(4-15)7(20-21(17)22)6(11)8(19-10)14-3-2-5(12)13-9(14)16/h2-3,6-8,15H,4H2,1H3,(H2-,12,13,16,17,22)/p+1/t6?,7-,8-,10-/m1/s1. The molecule has 1 fully saturated rings. The molecule has 2 heterocycles. The number of alkyl halides is 1. The van der Waals surface area contributed by atoms with E-state index in [1.165, 1.54) is 12.3 Å². The normalized spacial score (nSPS) is 32.2. The Hall–Kier alpha value is -1.10. The molecule has 3 N–H and O–H groups in total. The van der Waals surface area contributed by atoms with Crippen LogP contribution < -0.4 is 11.4 Å². The van der Waals surface area contributed by atoms with Crippen molar-refractivity contribution >= 4 is 25.3 Å². The van der Waals surface area contributed by atoms with Crippen LogP contribution in [0, 0.1) is 0 Å². The van der Waals surface area contributed by atoms with Gasteiger partial charge in [0, 0.05) is 13.3 Å². The molecule has 0 bridgehead atoms. The van der Waals surface area contributed by atoms with E-state index in [0.29, 0.717) is 0 Å². The number of hydrogen-bond acceptors (Lipinski definition) is 8. The number of aliphatic hydroxyl groups is 1. The fourth-order valence-electron chi connectivity index (χ4n) is 2.15. The van der Waals surface area contributed by atoms with Gasteiger partial charge in [-0.25, -0.2) is 9.18 Å². The number of hydrogen-bond donors (Lipinski definition) is 3. The van der Waals surface area contributed by atoms with Crippen molar-refractivity contribution < 1.29 is 28.1 Å². The van der Waals surface area contributed by atoms with Crippen molar-refractivity contribution in [2.75, 3.05) is 19.5 Å². The van der Waals surface area contributed by atoms with Crippen LogP contribution in [0.3, 0.4) is 0 Å². The molecule has 1 aromatic heterocycles. The van der Waals surface area contributed by atoms with Crippen molar-refractivity contribution in [2.24, 2.45) is 0 Å². The van der Waals surface area contributed by atoms with Gasteiger partial charge in [0.2, 0.25) is 11.9 Å². The first-order valence-electron chi connectivity index (χ1n) is 6.00. The molecule has 0 spiro atoms. The smallest absolute Gasteiger partial charge is 0.391 e. The van der Waals surface area contributed by atoms with E-state index in [1.807, 2.05) is 0 Å². The SMILES string of the molecule is CO[C@]1(CO)O[C@@H](n2ccc(N)nc2=O)C(F)[C@H]1O[P+](=O)S. The molecule has 0 amide bonds. The average Bonchev–Trinajstić information content (AvgIpc) is 2.73. The van der Waals surface area contributed by atoms with Crippen LogP contribution in [0.2, 0.25) is 0 Å². The molecule has 1 aliphatic heterocycles. The maximum absolute atomic E-state index is 14.6. The average molecular weight is 354 g/mol. The molecule has 2 unspecified atom stereocenters. The Labute approximate surface area is 130 Å². The third-order valence-electron chi connectivity index (χ3n) is 3.21. The van der Waals surface area contributed by atoms with Crippen LogP contribution in [-0.4, -0.2) is 46.4 Å². The van der Waals surface area contributed by atoms with Gasteiger partial charge in [0.05, 0.1) is 0 Å². The molecule has 9 nitrogen and oxygen atoms in total. The zero-order valence-electron chi connectivity index (χ0n) is 11.3. The van der Waals surface area contributed by atoms with Crippen molar-refractivity contribution in [3.05, 3.63) is 22.7 Å². The van der Waals surface area contributed by atoms with Gasteiger partial charge in [-0.05, 0) is 10.6 Å². The number of nitrogen functional groups attached to an aromatic ring is 1. The van der Waals surface area contributed by atoms with Gasteiger partial charge in [0.15, 0.2) is 12.4 Å². The summed E-state index contributed by atoms with van der Waals surface area (Å²) in [6.45, 7) is -0.792. The van der Waals surface area contributed by atoms with Crippen LogP contribution in [0.1, 0.15) is 6.23 Å². The molecule has 122 valence electrons. The molecular formula is C10H14FN3O6PS+. The van der Waals surface area contributed by atoms with E-state index in [9.17, 15) is 18.9 Å². The number of rotatable bonds is 5. The second-order valence-corrected chi connectivity index (χ2v) is 6.10. The summed E-state index contributed by atoms with van der Waals surface area (Å²) in [4.78, 5) is 15.3. The van der Waals surface area contributed by atoms with Gasteiger partial charge in [-0.15, -0.1) is 4.52 Å². The second kappa shape index (κ2) is 6.57. The summed E-state index contributed by atoms with van der Waals surface area (Å²) in [7, 11) is -1.35. The largest absolute Gasteiger partial charge is 0.582 e. The maximum Gasteiger partial charge on any atom is 0.582 e. The Balaban J connectivity index is 2.42. The van der Waals surface area contributed by atoms with Gasteiger partial charge in [-0.2, -0.15) is 4.98 Å². The lowest BCUT2D eigenvalue weighted by atomic mass is 10.1. The maximum atomic E-state index is 14.6. The number of halogens is 1. The highest BCUT2D eigenvalue weighted by atomic mass is 32.7. The van der Waals surface area contributed by atoms with E-state index < -0.39 is 43.8 Å². The van der Waals surface area contributed by atoms with Crippen LogP contribution >= 0.6 is 19.5 Å². The van der Waals surface area contributed by atoms with Crippen molar-refractivity contribution in [3.63, 3.8) is 0 Å². The van der Waals surface area contributed by atoms with Crippen LogP contribution in [0.25, 0.3) is 0 Å². The molecular weight excluding hydrogens is 340 g/mol. The Morgan fingerprint density at radius 2 is 2.41 bits per heavy atom. The van der Waals surface area contributed by atoms with Crippen molar-refractivity contribution in [3.8, 4) is 0 Å². The zero-order chi connectivity index (χ0) is 16.5. The van der Waals surface area contributed by atoms with Crippen molar-refractivity contribution in [1.82, 2.24) is 9.55 Å². The Kier molecular flexibility index (Phi) is 5.15. The highest BCUT2D eigenvalue weighted by molar-refractivity contribution is 8.39. The van der Waals surface area contributed by atoms with Crippen molar-refractivity contribution in [2.45, 2.75) is 24.3 Å². The van der Waals surface area contributed by atoms with E-state index in [1.54, 1.807) is 0 Å². The molecule has 2 rings (SSSR count). The first-order chi connectivity index (χ1) is 10.3. The summed E-state index contributed by atoms with van der Waals surface area (Å²) in [6, 6.07) is 1.28. The van der Waals surface area contributed by atoms with Crippen molar-refractivity contribution in [1.29, 1.82) is 0 Å². The molecule has 1 aromatic rings. The van der Waals surface area contributed by atoms with Gasteiger partial charge in [-0.1, -0.05) is 0 Å². The fraction of sp³-hybridized carbons (Fsp3) is 0.600. The molecule has 1 aliphatic rings. The molecule has 5 atom stereocenters. The molecule has 0 radical (unpaired) electrons. The molecule has 22 heavy (non-hydrogen) atoms.